The molecule has 7 heteroatoms. The van der Waals surface area contributed by atoms with Gasteiger partial charge >= 0.3 is 0 Å². The third-order valence-corrected chi connectivity index (χ3v) is 5.86. The molecule has 5 rings (SSSR count). The summed E-state index contributed by atoms with van der Waals surface area (Å²) in [5, 5.41) is 11.3. The number of ketones is 1. The summed E-state index contributed by atoms with van der Waals surface area (Å²) in [6, 6.07) is 20.3. The largest absolute Gasteiger partial charge is 0.507 e. The molecule has 0 aromatic heterocycles. The van der Waals surface area contributed by atoms with Crippen LogP contribution in [0.4, 0.5) is 5.69 Å². The van der Waals surface area contributed by atoms with Crippen LogP contribution >= 0.6 is 0 Å². The van der Waals surface area contributed by atoms with E-state index in [1.165, 1.54) is 4.90 Å². The van der Waals surface area contributed by atoms with Crippen molar-refractivity contribution in [2.45, 2.75) is 26.0 Å². The summed E-state index contributed by atoms with van der Waals surface area (Å²) in [5.41, 5.74) is 1.61. The van der Waals surface area contributed by atoms with E-state index in [0.717, 1.165) is 0 Å². The Bertz CT molecular complexity index is 1300. The second kappa shape index (κ2) is 9.18. The lowest BCUT2D eigenvalue weighted by Gasteiger charge is -2.27. The molecule has 1 amide bonds. The number of hydrogen-bond acceptors (Lipinski definition) is 6. The van der Waals surface area contributed by atoms with E-state index in [1.807, 2.05) is 44.2 Å². The van der Waals surface area contributed by atoms with Crippen LogP contribution in [0.1, 0.15) is 31.0 Å². The maximum atomic E-state index is 13.3. The lowest BCUT2D eigenvalue weighted by Crippen LogP contribution is -2.29. The Morgan fingerprint density at radius 3 is 2.31 bits per heavy atom. The quantitative estimate of drug-likeness (QED) is 0.325. The molecule has 2 heterocycles. The number of anilines is 1. The second-order valence-corrected chi connectivity index (χ2v) is 8.60. The number of fused-ring (bicyclic) bond motifs is 1. The van der Waals surface area contributed by atoms with Crippen LogP contribution in [-0.4, -0.2) is 36.1 Å². The van der Waals surface area contributed by atoms with E-state index >= 15 is 0 Å². The number of aliphatic hydroxyl groups excluding tert-OH is 1. The van der Waals surface area contributed by atoms with Crippen LogP contribution in [0.2, 0.25) is 0 Å². The van der Waals surface area contributed by atoms with Crippen molar-refractivity contribution >= 4 is 23.1 Å². The average molecular weight is 472 g/mol. The number of nitrogens with zero attached hydrogens (tertiary/aromatic N) is 1. The Balaban J connectivity index is 1.62. The number of ether oxygens (including phenoxy) is 3. The summed E-state index contributed by atoms with van der Waals surface area (Å²) < 4.78 is 17.0. The van der Waals surface area contributed by atoms with E-state index in [9.17, 15) is 14.7 Å². The highest BCUT2D eigenvalue weighted by Gasteiger charge is 2.47. The first-order valence-electron chi connectivity index (χ1n) is 11.5. The lowest BCUT2D eigenvalue weighted by atomic mass is 9.95. The smallest absolute Gasteiger partial charge is 0.300 e. The first-order chi connectivity index (χ1) is 16.9. The SMILES string of the molecule is CC(C)Oc1ccc(/C(O)=C2\C(=O)C(=O)N(c3ccc4c(c3)OCCO4)C2c2ccccc2)cc1. The highest BCUT2D eigenvalue weighted by molar-refractivity contribution is 6.51. The summed E-state index contributed by atoms with van der Waals surface area (Å²) in [6.07, 6.45) is 0.00356. The third kappa shape index (κ3) is 4.21. The average Bonchev–Trinajstić information content (AvgIpc) is 3.14. The number of amides is 1. The molecule has 1 unspecified atom stereocenters. The zero-order chi connectivity index (χ0) is 24.5. The molecular formula is C28H25NO6. The summed E-state index contributed by atoms with van der Waals surface area (Å²) in [5.74, 6) is 0.00609. The number of benzene rings is 3. The Morgan fingerprint density at radius 1 is 0.943 bits per heavy atom. The van der Waals surface area contributed by atoms with Gasteiger partial charge in [-0.05, 0) is 55.8 Å². The predicted octanol–water partition coefficient (Wildman–Crippen LogP) is 4.87. The van der Waals surface area contributed by atoms with Crippen molar-refractivity contribution in [3.05, 3.63) is 89.5 Å². The molecule has 0 radical (unpaired) electrons. The van der Waals surface area contributed by atoms with Crippen LogP contribution in [0.15, 0.2) is 78.4 Å². The van der Waals surface area contributed by atoms with Gasteiger partial charge in [-0.15, -0.1) is 0 Å². The van der Waals surface area contributed by atoms with Crippen LogP contribution in [0.25, 0.3) is 5.76 Å². The lowest BCUT2D eigenvalue weighted by molar-refractivity contribution is -0.132. The molecule has 3 aromatic carbocycles. The van der Waals surface area contributed by atoms with E-state index < -0.39 is 17.7 Å². The third-order valence-electron chi connectivity index (χ3n) is 5.86. The Hall–Kier alpha value is -4.26. The molecule has 1 N–H and O–H groups in total. The number of carbonyl (C=O) groups is 2. The minimum atomic E-state index is -0.814. The van der Waals surface area contributed by atoms with Gasteiger partial charge in [0.25, 0.3) is 11.7 Å². The van der Waals surface area contributed by atoms with Crippen molar-refractivity contribution in [1.29, 1.82) is 0 Å². The van der Waals surface area contributed by atoms with Gasteiger partial charge in [0.15, 0.2) is 11.5 Å². The van der Waals surface area contributed by atoms with E-state index in [4.69, 9.17) is 14.2 Å². The van der Waals surface area contributed by atoms with E-state index in [-0.39, 0.29) is 17.4 Å². The molecule has 0 saturated carbocycles. The summed E-state index contributed by atoms with van der Waals surface area (Å²) in [4.78, 5) is 28.0. The standard InChI is InChI=1S/C28H25NO6/c1-17(2)35-21-11-8-19(9-12-21)26(30)24-25(18-6-4-3-5-7-18)29(28(32)27(24)31)20-10-13-22-23(16-20)34-15-14-33-22/h3-13,16-17,25,30H,14-15H2,1-2H3/b26-24+. The van der Waals surface area contributed by atoms with E-state index in [0.29, 0.717) is 47.3 Å². The van der Waals surface area contributed by atoms with Crippen molar-refractivity contribution in [3.63, 3.8) is 0 Å². The van der Waals surface area contributed by atoms with E-state index in [2.05, 4.69) is 0 Å². The van der Waals surface area contributed by atoms with Gasteiger partial charge in [0.2, 0.25) is 0 Å². The Morgan fingerprint density at radius 2 is 1.63 bits per heavy atom. The Labute approximate surface area is 203 Å². The molecule has 3 aromatic rings. The van der Waals surface area contributed by atoms with Gasteiger partial charge in [0.05, 0.1) is 17.7 Å². The molecule has 2 aliphatic heterocycles. The molecule has 0 aliphatic carbocycles. The molecule has 1 saturated heterocycles. The maximum Gasteiger partial charge on any atom is 0.300 e. The van der Waals surface area contributed by atoms with Crippen molar-refractivity contribution < 1.29 is 28.9 Å². The van der Waals surface area contributed by atoms with Crippen molar-refractivity contribution in [2.75, 3.05) is 18.1 Å². The molecule has 0 spiro atoms. The fraction of sp³-hybridized carbons (Fsp3) is 0.214. The van der Waals surface area contributed by atoms with Crippen LogP contribution in [0.3, 0.4) is 0 Å². The predicted molar refractivity (Wildman–Crippen MR) is 131 cm³/mol. The summed E-state index contributed by atoms with van der Waals surface area (Å²) in [6.45, 7) is 4.69. The molecule has 1 atom stereocenters. The zero-order valence-electron chi connectivity index (χ0n) is 19.4. The van der Waals surface area contributed by atoms with Crippen LogP contribution < -0.4 is 19.1 Å². The number of aliphatic hydroxyl groups is 1. The minimum Gasteiger partial charge on any atom is -0.507 e. The zero-order valence-corrected chi connectivity index (χ0v) is 19.4. The van der Waals surface area contributed by atoms with Crippen LogP contribution in [0.5, 0.6) is 17.2 Å². The monoisotopic (exact) mass is 471 g/mol. The fourth-order valence-electron chi connectivity index (χ4n) is 4.35. The molecule has 1 fully saturated rings. The molecule has 2 aliphatic rings. The van der Waals surface area contributed by atoms with Gasteiger partial charge in [-0.25, -0.2) is 0 Å². The maximum absolute atomic E-state index is 13.3. The highest BCUT2D eigenvalue weighted by Crippen LogP contribution is 2.44. The molecule has 7 nitrogen and oxygen atoms in total. The number of rotatable bonds is 5. The number of carbonyl (C=O) groups excluding carboxylic acids is 2. The number of Topliss-reactive ketones (excluding diaryl/α,β-unsaturated/α-hetero) is 1. The number of hydrogen-bond donors (Lipinski definition) is 1. The van der Waals surface area contributed by atoms with Gasteiger partial charge in [0, 0.05) is 17.3 Å². The van der Waals surface area contributed by atoms with Gasteiger partial charge in [-0.2, -0.15) is 0 Å². The second-order valence-electron chi connectivity index (χ2n) is 8.60. The van der Waals surface area contributed by atoms with Crippen molar-refractivity contribution in [1.82, 2.24) is 0 Å². The van der Waals surface area contributed by atoms with Crippen LogP contribution in [-0.2, 0) is 9.59 Å². The van der Waals surface area contributed by atoms with Gasteiger partial charge in [0.1, 0.15) is 24.7 Å². The highest BCUT2D eigenvalue weighted by atomic mass is 16.6. The first-order valence-corrected chi connectivity index (χ1v) is 11.5. The molecule has 0 bridgehead atoms. The van der Waals surface area contributed by atoms with Crippen LogP contribution in [0, 0.1) is 0 Å². The Kier molecular flexibility index (Phi) is 5.91. The molecular weight excluding hydrogens is 446 g/mol. The minimum absolute atomic E-state index is 0.00356. The summed E-state index contributed by atoms with van der Waals surface area (Å²) in [7, 11) is 0. The molecule has 178 valence electrons. The van der Waals surface area contributed by atoms with Gasteiger partial charge < -0.3 is 19.3 Å². The van der Waals surface area contributed by atoms with E-state index in [1.54, 1.807) is 42.5 Å². The molecule has 35 heavy (non-hydrogen) atoms. The topological polar surface area (TPSA) is 85.3 Å². The van der Waals surface area contributed by atoms with Crippen molar-refractivity contribution in [3.8, 4) is 17.2 Å². The van der Waals surface area contributed by atoms with Gasteiger partial charge in [-0.3, -0.25) is 14.5 Å². The normalized spacial score (nSPS) is 18.7. The fourth-order valence-corrected chi connectivity index (χ4v) is 4.35. The van der Waals surface area contributed by atoms with Gasteiger partial charge in [-0.1, -0.05) is 30.3 Å². The summed E-state index contributed by atoms with van der Waals surface area (Å²) >= 11 is 0. The first kappa shape index (κ1) is 22.5. The van der Waals surface area contributed by atoms with Crippen molar-refractivity contribution in [2.24, 2.45) is 0 Å².